The summed E-state index contributed by atoms with van der Waals surface area (Å²) in [6.07, 6.45) is 8.57. The fourth-order valence-corrected chi connectivity index (χ4v) is 4.83. The van der Waals surface area contributed by atoms with Crippen molar-refractivity contribution >= 4 is 11.6 Å². The largest absolute Gasteiger partial charge is 0.457 e. The van der Waals surface area contributed by atoms with Gasteiger partial charge in [-0.05, 0) is 68.5 Å². The van der Waals surface area contributed by atoms with Crippen LogP contribution in [0, 0.1) is 5.92 Å². The van der Waals surface area contributed by atoms with Crippen molar-refractivity contribution in [1.29, 1.82) is 0 Å². The van der Waals surface area contributed by atoms with Gasteiger partial charge in [0, 0.05) is 16.5 Å². The van der Waals surface area contributed by atoms with Gasteiger partial charge in [0.25, 0.3) is 0 Å². The van der Waals surface area contributed by atoms with Gasteiger partial charge in [-0.3, -0.25) is 0 Å². The fourth-order valence-electron chi connectivity index (χ4n) is 4.71. The minimum atomic E-state index is 0.733. The molecule has 4 rings (SSSR count). The van der Waals surface area contributed by atoms with Gasteiger partial charge in [-0.15, -0.1) is 0 Å². The van der Waals surface area contributed by atoms with Crippen LogP contribution in [0.3, 0.4) is 0 Å². The van der Waals surface area contributed by atoms with Gasteiger partial charge < -0.3 is 9.64 Å². The highest BCUT2D eigenvalue weighted by molar-refractivity contribution is 6.30. The summed E-state index contributed by atoms with van der Waals surface area (Å²) in [6.45, 7) is 2.45. The normalized spacial score (nSPS) is 26.0. The van der Waals surface area contributed by atoms with Crippen LogP contribution in [0.5, 0.6) is 11.5 Å². The predicted molar refractivity (Wildman–Crippen MR) is 102 cm³/mol. The maximum Gasteiger partial charge on any atom is 0.127 e. The molecule has 1 heterocycles. The molecular weight excluding hydrogens is 330 g/mol. The molecule has 0 spiro atoms. The highest BCUT2D eigenvalue weighted by atomic mass is 35.5. The van der Waals surface area contributed by atoms with Crippen molar-refractivity contribution in [2.24, 2.45) is 5.92 Å². The third kappa shape index (κ3) is 4.19. The Kier molecular flexibility index (Phi) is 5.28. The maximum atomic E-state index is 6.00. The van der Waals surface area contributed by atoms with Crippen LogP contribution < -0.4 is 9.64 Å². The molecule has 1 N–H and O–H groups in total. The number of quaternary nitrogens is 1. The van der Waals surface area contributed by atoms with Crippen molar-refractivity contribution in [2.75, 3.05) is 6.54 Å². The lowest BCUT2D eigenvalue weighted by molar-refractivity contribution is -0.949. The topological polar surface area (TPSA) is 13.7 Å². The van der Waals surface area contributed by atoms with Gasteiger partial charge in [-0.25, -0.2) is 0 Å². The molecule has 2 nitrogen and oxygen atoms in total. The van der Waals surface area contributed by atoms with Crippen molar-refractivity contribution in [3.63, 3.8) is 0 Å². The van der Waals surface area contributed by atoms with Crippen LogP contribution in [0.2, 0.25) is 5.02 Å². The second-order valence-electron chi connectivity index (χ2n) is 7.58. The number of benzene rings is 2. The number of rotatable bonds is 4. The van der Waals surface area contributed by atoms with Crippen molar-refractivity contribution in [2.45, 2.75) is 51.1 Å². The third-order valence-electron chi connectivity index (χ3n) is 5.89. The first-order chi connectivity index (χ1) is 12.3. The molecular formula is C22H27ClNO+. The minimum Gasteiger partial charge on any atom is -0.457 e. The highest BCUT2D eigenvalue weighted by Crippen LogP contribution is 2.29. The number of hydrogen-bond donors (Lipinski definition) is 1. The van der Waals surface area contributed by atoms with Gasteiger partial charge >= 0.3 is 0 Å². The lowest BCUT2D eigenvalue weighted by Crippen LogP contribution is -3.16. The highest BCUT2D eigenvalue weighted by Gasteiger charge is 2.36. The quantitative estimate of drug-likeness (QED) is 0.825. The summed E-state index contributed by atoms with van der Waals surface area (Å²) >= 11 is 5.95. The first-order valence-electron chi connectivity index (χ1n) is 9.65. The molecule has 2 aromatic carbocycles. The second-order valence-corrected chi connectivity index (χ2v) is 8.02. The number of ether oxygens (including phenoxy) is 1. The van der Waals surface area contributed by atoms with Crippen LogP contribution in [0.1, 0.15) is 44.1 Å². The number of halogens is 1. The number of nitrogens with one attached hydrogen (secondary N) is 1. The summed E-state index contributed by atoms with van der Waals surface area (Å²) in [5.74, 6) is 2.71. The lowest BCUT2D eigenvalue weighted by atomic mass is 9.78. The summed E-state index contributed by atoms with van der Waals surface area (Å²) in [6, 6.07) is 17.0. The van der Waals surface area contributed by atoms with Gasteiger partial charge in [0.2, 0.25) is 0 Å². The molecule has 1 saturated carbocycles. The Morgan fingerprint density at radius 1 is 0.920 bits per heavy atom. The van der Waals surface area contributed by atoms with Crippen molar-refractivity contribution in [3.8, 4) is 11.5 Å². The van der Waals surface area contributed by atoms with Crippen LogP contribution in [0.4, 0.5) is 0 Å². The molecule has 1 aliphatic heterocycles. The molecule has 2 fully saturated rings. The zero-order valence-corrected chi connectivity index (χ0v) is 15.5. The Balaban J connectivity index is 1.44. The van der Waals surface area contributed by atoms with Crippen molar-refractivity contribution in [3.05, 3.63) is 59.1 Å². The third-order valence-corrected chi connectivity index (χ3v) is 6.14. The van der Waals surface area contributed by atoms with E-state index in [1.807, 2.05) is 30.3 Å². The van der Waals surface area contributed by atoms with E-state index in [9.17, 15) is 0 Å². The van der Waals surface area contributed by atoms with E-state index in [0.29, 0.717) is 0 Å². The average molecular weight is 357 g/mol. The number of likely N-dealkylation sites (tertiary alicyclic amines) is 1. The number of hydrogen-bond acceptors (Lipinski definition) is 1. The number of piperidine rings is 1. The summed E-state index contributed by atoms with van der Waals surface area (Å²) in [4.78, 5) is 1.79. The Morgan fingerprint density at radius 2 is 1.72 bits per heavy atom. The SMILES string of the molecule is Clc1ccc(Oc2cccc(C[NH+]3CCC[C@H]4CCCC[C@@H]43)c2)cc1. The van der Waals surface area contributed by atoms with Crippen molar-refractivity contribution in [1.82, 2.24) is 0 Å². The van der Waals surface area contributed by atoms with Crippen LogP contribution in [-0.2, 0) is 6.54 Å². The van der Waals surface area contributed by atoms with Crippen LogP contribution in [-0.4, -0.2) is 12.6 Å². The molecule has 0 bridgehead atoms. The Bertz CT molecular complexity index is 697. The second kappa shape index (κ2) is 7.80. The monoisotopic (exact) mass is 356 g/mol. The van der Waals surface area contributed by atoms with E-state index in [1.54, 1.807) is 4.90 Å². The van der Waals surface area contributed by atoms with Gasteiger partial charge in [-0.2, -0.15) is 0 Å². The molecule has 3 atom stereocenters. The van der Waals surface area contributed by atoms with Gasteiger partial charge in [-0.1, -0.05) is 30.2 Å². The van der Waals surface area contributed by atoms with E-state index in [4.69, 9.17) is 16.3 Å². The summed E-state index contributed by atoms with van der Waals surface area (Å²) < 4.78 is 6.00. The van der Waals surface area contributed by atoms with E-state index < -0.39 is 0 Å². The van der Waals surface area contributed by atoms with Crippen molar-refractivity contribution < 1.29 is 9.64 Å². The van der Waals surface area contributed by atoms with E-state index >= 15 is 0 Å². The molecule has 1 aliphatic carbocycles. The first kappa shape index (κ1) is 16.9. The van der Waals surface area contributed by atoms with E-state index in [2.05, 4.69) is 18.2 Å². The maximum absolute atomic E-state index is 6.00. The Hall–Kier alpha value is -1.51. The standard InChI is InChI=1S/C22H26ClNO/c23-19-10-12-20(13-11-19)25-21-8-3-5-17(15-21)16-24-14-4-7-18-6-1-2-9-22(18)24/h3,5,8,10-13,15,18,22H,1-2,4,6-7,9,14,16H2/p+1/t18-,22+/m1/s1. The average Bonchev–Trinajstić information content (AvgIpc) is 2.64. The molecule has 1 unspecified atom stereocenters. The molecule has 1 saturated heterocycles. The van der Waals surface area contributed by atoms with Gasteiger partial charge in [0.1, 0.15) is 18.0 Å². The zero-order valence-electron chi connectivity index (χ0n) is 14.7. The molecule has 0 amide bonds. The molecule has 132 valence electrons. The molecule has 2 aromatic rings. The van der Waals surface area contributed by atoms with E-state index in [-0.39, 0.29) is 0 Å². The minimum absolute atomic E-state index is 0.733. The summed E-state index contributed by atoms with van der Waals surface area (Å²) in [5.41, 5.74) is 1.38. The molecule has 3 heteroatoms. The molecule has 2 aliphatic rings. The lowest BCUT2D eigenvalue weighted by Gasteiger charge is -2.41. The van der Waals surface area contributed by atoms with Gasteiger partial charge in [0.15, 0.2) is 0 Å². The Morgan fingerprint density at radius 3 is 2.60 bits per heavy atom. The predicted octanol–water partition coefficient (Wildman–Crippen LogP) is 4.87. The van der Waals surface area contributed by atoms with Crippen LogP contribution in [0.15, 0.2) is 48.5 Å². The first-order valence-corrected chi connectivity index (χ1v) is 10.0. The molecule has 0 aromatic heterocycles. The summed E-state index contributed by atoms with van der Waals surface area (Å²) in [5, 5.41) is 0.733. The van der Waals surface area contributed by atoms with Crippen LogP contribution in [0.25, 0.3) is 0 Å². The molecule has 25 heavy (non-hydrogen) atoms. The molecule has 0 radical (unpaired) electrons. The zero-order chi connectivity index (χ0) is 17.1. The van der Waals surface area contributed by atoms with E-state index in [0.717, 1.165) is 35.0 Å². The Labute approximate surface area is 155 Å². The number of fused-ring (bicyclic) bond motifs is 1. The smallest absolute Gasteiger partial charge is 0.127 e. The van der Waals surface area contributed by atoms with E-state index in [1.165, 1.54) is 50.6 Å². The van der Waals surface area contributed by atoms with Gasteiger partial charge in [0.05, 0.1) is 12.6 Å². The fraction of sp³-hybridized carbons (Fsp3) is 0.455. The van der Waals surface area contributed by atoms with Crippen LogP contribution >= 0.6 is 11.6 Å². The summed E-state index contributed by atoms with van der Waals surface area (Å²) in [7, 11) is 0.